The summed E-state index contributed by atoms with van der Waals surface area (Å²) in [7, 11) is 0. The van der Waals surface area contributed by atoms with Gasteiger partial charge in [-0.05, 0) is 25.8 Å². The molecular formula is C14H19NO4. The molecule has 0 saturated carbocycles. The number of hydrogen-bond donors (Lipinski definition) is 0. The van der Waals surface area contributed by atoms with Crippen molar-refractivity contribution in [1.82, 2.24) is 0 Å². The first-order valence-electron chi connectivity index (χ1n) is 6.40. The number of ether oxygens (including phenoxy) is 1. The van der Waals surface area contributed by atoms with Crippen molar-refractivity contribution in [2.75, 3.05) is 0 Å². The maximum absolute atomic E-state index is 12.1. The Labute approximate surface area is 112 Å². The van der Waals surface area contributed by atoms with Crippen molar-refractivity contribution >= 4 is 11.7 Å². The van der Waals surface area contributed by atoms with Crippen LogP contribution >= 0.6 is 0 Å². The molecule has 1 atom stereocenters. The van der Waals surface area contributed by atoms with Crippen molar-refractivity contribution in [3.8, 4) is 0 Å². The van der Waals surface area contributed by atoms with E-state index < -0.39 is 16.5 Å². The number of carbonyl (C=O) groups is 1. The molecular weight excluding hydrogens is 246 g/mol. The highest BCUT2D eigenvalue weighted by Gasteiger charge is 2.29. The molecule has 0 spiro atoms. The van der Waals surface area contributed by atoms with E-state index in [1.54, 1.807) is 6.07 Å². The van der Waals surface area contributed by atoms with E-state index in [2.05, 4.69) is 0 Å². The van der Waals surface area contributed by atoms with Gasteiger partial charge in [-0.2, -0.15) is 0 Å². The van der Waals surface area contributed by atoms with Crippen molar-refractivity contribution in [1.29, 1.82) is 0 Å². The largest absolute Gasteiger partial charge is 0.456 e. The van der Waals surface area contributed by atoms with Gasteiger partial charge in [-0.3, -0.25) is 10.1 Å². The van der Waals surface area contributed by atoms with E-state index in [1.807, 2.05) is 20.8 Å². The first-order valence-corrected chi connectivity index (χ1v) is 6.40. The van der Waals surface area contributed by atoms with Crippen LogP contribution in [0.5, 0.6) is 0 Å². The Bertz CT molecular complexity index is 472. The molecule has 0 fully saturated rings. The lowest BCUT2D eigenvalue weighted by molar-refractivity contribution is -0.385. The number of benzene rings is 1. The van der Waals surface area contributed by atoms with Crippen LogP contribution in [0.4, 0.5) is 5.69 Å². The van der Waals surface area contributed by atoms with Crippen molar-refractivity contribution in [2.45, 2.75) is 45.6 Å². The molecule has 1 aromatic rings. The van der Waals surface area contributed by atoms with Gasteiger partial charge in [0.05, 0.1) is 4.92 Å². The highest BCUT2D eigenvalue weighted by atomic mass is 16.6. The summed E-state index contributed by atoms with van der Waals surface area (Å²) in [6.07, 6.45) is 2.29. The van der Waals surface area contributed by atoms with Gasteiger partial charge in [0.25, 0.3) is 5.69 Å². The van der Waals surface area contributed by atoms with Gasteiger partial charge in [-0.25, -0.2) is 4.79 Å². The van der Waals surface area contributed by atoms with Gasteiger partial charge in [0.2, 0.25) is 0 Å². The van der Waals surface area contributed by atoms with Crippen LogP contribution in [-0.4, -0.2) is 16.5 Å². The second-order valence-corrected chi connectivity index (χ2v) is 4.72. The predicted molar refractivity (Wildman–Crippen MR) is 72.1 cm³/mol. The molecule has 0 aliphatic rings. The first kappa shape index (κ1) is 15.1. The Morgan fingerprint density at radius 3 is 2.53 bits per heavy atom. The summed E-state index contributed by atoms with van der Waals surface area (Å²) in [5, 5.41) is 10.9. The molecule has 0 heterocycles. The van der Waals surface area contributed by atoms with Gasteiger partial charge < -0.3 is 4.74 Å². The maximum Gasteiger partial charge on any atom is 0.345 e. The lowest BCUT2D eigenvalue weighted by Gasteiger charge is -2.27. The quantitative estimate of drug-likeness (QED) is 0.446. The number of esters is 1. The number of nitro groups is 1. The highest BCUT2D eigenvalue weighted by molar-refractivity contribution is 5.94. The molecule has 0 amide bonds. The third-order valence-electron chi connectivity index (χ3n) is 3.19. The summed E-state index contributed by atoms with van der Waals surface area (Å²) in [6.45, 7) is 5.79. The molecule has 1 rings (SSSR count). The van der Waals surface area contributed by atoms with E-state index in [4.69, 9.17) is 4.74 Å². The van der Waals surface area contributed by atoms with E-state index in [1.165, 1.54) is 18.2 Å². The Morgan fingerprint density at radius 1 is 1.37 bits per heavy atom. The Balaban J connectivity index is 2.98. The van der Waals surface area contributed by atoms with Crippen molar-refractivity contribution in [3.63, 3.8) is 0 Å². The van der Waals surface area contributed by atoms with Crippen LogP contribution in [0.2, 0.25) is 0 Å². The predicted octanol–water partition coefficient (Wildman–Crippen LogP) is 3.72. The molecule has 0 saturated heterocycles. The van der Waals surface area contributed by atoms with Crippen LogP contribution in [-0.2, 0) is 4.74 Å². The molecule has 0 bridgehead atoms. The molecule has 0 aliphatic carbocycles. The summed E-state index contributed by atoms with van der Waals surface area (Å²) in [4.78, 5) is 22.4. The number of nitrogens with zero attached hydrogens (tertiary/aromatic N) is 1. The molecule has 0 aliphatic heterocycles. The van der Waals surface area contributed by atoms with Crippen LogP contribution in [0, 0.1) is 10.1 Å². The van der Waals surface area contributed by atoms with E-state index in [9.17, 15) is 14.9 Å². The normalized spacial score (nSPS) is 13.6. The zero-order valence-corrected chi connectivity index (χ0v) is 11.5. The van der Waals surface area contributed by atoms with Gasteiger partial charge in [-0.1, -0.05) is 32.4 Å². The Morgan fingerprint density at radius 2 is 2.00 bits per heavy atom. The SMILES string of the molecule is CCC[C@@](C)(CC)OC(=O)c1ccccc1[N+](=O)[O-]. The number of nitro benzene ring substituents is 1. The molecule has 0 N–H and O–H groups in total. The summed E-state index contributed by atoms with van der Waals surface area (Å²) in [5.41, 5.74) is -0.791. The minimum absolute atomic E-state index is 0.00304. The summed E-state index contributed by atoms with van der Waals surface area (Å²) in [5.74, 6) is -0.634. The van der Waals surface area contributed by atoms with Crippen LogP contribution in [0.3, 0.4) is 0 Å². The standard InChI is InChI=1S/C14H19NO4/c1-4-10-14(3,5-2)19-13(16)11-8-6-7-9-12(11)15(17)18/h6-9H,4-5,10H2,1-3H3/t14-/m1/s1. The lowest BCUT2D eigenvalue weighted by Crippen LogP contribution is -2.31. The second-order valence-electron chi connectivity index (χ2n) is 4.72. The van der Waals surface area contributed by atoms with Crippen molar-refractivity contribution < 1.29 is 14.5 Å². The number of rotatable bonds is 6. The van der Waals surface area contributed by atoms with Gasteiger partial charge in [0, 0.05) is 6.07 Å². The minimum atomic E-state index is -0.634. The topological polar surface area (TPSA) is 69.4 Å². The number of para-hydroxylation sites is 1. The van der Waals surface area contributed by atoms with E-state index in [0.29, 0.717) is 6.42 Å². The average molecular weight is 265 g/mol. The summed E-state index contributed by atoms with van der Waals surface area (Å²) in [6, 6.07) is 5.84. The maximum atomic E-state index is 12.1. The average Bonchev–Trinajstić information content (AvgIpc) is 2.38. The monoisotopic (exact) mass is 265 g/mol. The second kappa shape index (κ2) is 6.31. The van der Waals surface area contributed by atoms with E-state index in [0.717, 1.165) is 12.8 Å². The molecule has 104 valence electrons. The number of carbonyl (C=O) groups excluding carboxylic acids is 1. The molecule has 5 heteroatoms. The van der Waals surface area contributed by atoms with Crippen LogP contribution in [0.15, 0.2) is 24.3 Å². The van der Waals surface area contributed by atoms with Crippen molar-refractivity contribution in [3.05, 3.63) is 39.9 Å². The lowest BCUT2D eigenvalue weighted by atomic mass is 9.97. The smallest absolute Gasteiger partial charge is 0.345 e. The van der Waals surface area contributed by atoms with Crippen LogP contribution in [0.25, 0.3) is 0 Å². The molecule has 1 aromatic carbocycles. The fourth-order valence-electron chi connectivity index (χ4n) is 1.91. The fraction of sp³-hybridized carbons (Fsp3) is 0.500. The zero-order chi connectivity index (χ0) is 14.5. The molecule has 0 radical (unpaired) electrons. The molecule has 19 heavy (non-hydrogen) atoms. The zero-order valence-electron chi connectivity index (χ0n) is 11.5. The summed E-state index contributed by atoms with van der Waals surface area (Å²) >= 11 is 0. The summed E-state index contributed by atoms with van der Waals surface area (Å²) < 4.78 is 5.46. The van der Waals surface area contributed by atoms with Gasteiger partial charge in [0.1, 0.15) is 11.2 Å². The third-order valence-corrected chi connectivity index (χ3v) is 3.19. The van der Waals surface area contributed by atoms with Crippen LogP contribution < -0.4 is 0 Å². The van der Waals surface area contributed by atoms with Gasteiger partial charge in [0.15, 0.2) is 0 Å². The van der Waals surface area contributed by atoms with Gasteiger partial charge in [-0.15, -0.1) is 0 Å². The van der Waals surface area contributed by atoms with Crippen molar-refractivity contribution in [2.24, 2.45) is 0 Å². The molecule has 0 aromatic heterocycles. The van der Waals surface area contributed by atoms with E-state index in [-0.39, 0.29) is 11.3 Å². The highest BCUT2D eigenvalue weighted by Crippen LogP contribution is 2.26. The molecule has 5 nitrogen and oxygen atoms in total. The van der Waals surface area contributed by atoms with Crippen LogP contribution in [0.1, 0.15) is 50.4 Å². The Hall–Kier alpha value is -1.91. The van der Waals surface area contributed by atoms with E-state index >= 15 is 0 Å². The van der Waals surface area contributed by atoms with Gasteiger partial charge >= 0.3 is 5.97 Å². The Kier molecular flexibility index (Phi) is 5.03. The first-order chi connectivity index (χ1) is 8.93. The minimum Gasteiger partial charge on any atom is -0.456 e. The number of hydrogen-bond acceptors (Lipinski definition) is 4. The molecule has 0 unspecified atom stereocenters. The third kappa shape index (κ3) is 3.77. The fourth-order valence-corrected chi connectivity index (χ4v) is 1.91.